The Hall–Kier alpha value is -1.16. The summed E-state index contributed by atoms with van der Waals surface area (Å²) < 4.78 is 0. The van der Waals surface area contributed by atoms with E-state index in [0.717, 1.165) is 5.56 Å². The van der Waals surface area contributed by atoms with Gasteiger partial charge in [0, 0.05) is 25.0 Å². The van der Waals surface area contributed by atoms with Crippen LogP contribution in [0.4, 0.5) is 5.95 Å². The molecular formula is C6H9N3O. The zero-order valence-corrected chi connectivity index (χ0v) is 5.70. The van der Waals surface area contributed by atoms with E-state index in [1.54, 1.807) is 19.4 Å². The van der Waals surface area contributed by atoms with Crippen molar-refractivity contribution < 1.29 is 5.11 Å². The predicted molar refractivity (Wildman–Crippen MR) is 37.5 cm³/mol. The fourth-order valence-corrected chi connectivity index (χ4v) is 0.566. The Morgan fingerprint density at radius 3 is 2.50 bits per heavy atom. The molecule has 0 amide bonds. The molecule has 4 nitrogen and oxygen atoms in total. The molecule has 0 radical (unpaired) electrons. The molecule has 10 heavy (non-hydrogen) atoms. The van der Waals surface area contributed by atoms with Gasteiger partial charge in [-0.15, -0.1) is 0 Å². The molecule has 1 aromatic rings. The van der Waals surface area contributed by atoms with Gasteiger partial charge in [0.25, 0.3) is 0 Å². The number of aromatic nitrogens is 2. The van der Waals surface area contributed by atoms with Crippen molar-refractivity contribution >= 4 is 5.95 Å². The molecule has 0 aromatic carbocycles. The van der Waals surface area contributed by atoms with E-state index in [-0.39, 0.29) is 6.61 Å². The minimum Gasteiger partial charge on any atom is -0.392 e. The number of nitrogens with one attached hydrogen (secondary N) is 1. The molecule has 0 spiro atoms. The molecule has 0 bridgehead atoms. The van der Waals surface area contributed by atoms with Gasteiger partial charge in [0.2, 0.25) is 5.95 Å². The van der Waals surface area contributed by atoms with Gasteiger partial charge >= 0.3 is 0 Å². The summed E-state index contributed by atoms with van der Waals surface area (Å²) in [4.78, 5) is 7.77. The van der Waals surface area contributed by atoms with E-state index < -0.39 is 0 Å². The lowest BCUT2D eigenvalue weighted by molar-refractivity contribution is 0.281. The fraction of sp³-hybridized carbons (Fsp3) is 0.333. The van der Waals surface area contributed by atoms with Crippen LogP contribution >= 0.6 is 0 Å². The number of nitrogens with zero attached hydrogens (tertiary/aromatic N) is 2. The van der Waals surface area contributed by atoms with Crippen molar-refractivity contribution in [3.63, 3.8) is 0 Å². The van der Waals surface area contributed by atoms with Crippen LogP contribution in [0.2, 0.25) is 0 Å². The minimum atomic E-state index is -0.00993. The maximum absolute atomic E-state index is 8.60. The second kappa shape index (κ2) is 3.12. The Morgan fingerprint density at radius 2 is 2.10 bits per heavy atom. The molecule has 4 heteroatoms. The van der Waals surface area contributed by atoms with E-state index in [1.165, 1.54) is 0 Å². The summed E-state index contributed by atoms with van der Waals surface area (Å²) in [5.41, 5.74) is 0.721. The van der Waals surface area contributed by atoms with Crippen molar-refractivity contribution in [1.29, 1.82) is 0 Å². The van der Waals surface area contributed by atoms with Crippen LogP contribution in [-0.4, -0.2) is 22.1 Å². The molecule has 0 unspecified atom stereocenters. The predicted octanol–water partition coefficient (Wildman–Crippen LogP) is 0.0106. The summed E-state index contributed by atoms with van der Waals surface area (Å²) in [5.74, 6) is 0.567. The first-order chi connectivity index (χ1) is 4.86. The minimum absolute atomic E-state index is 0.00993. The Morgan fingerprint density at radius 1 is 1.50 bits per heavy atom. The van der Waals surface area contributed by atoms with Gasteiger partial charge in [-0.3, -0.25) is 0 Å². The summed E-state index contributed by atoms with van der Waals surface area (Å²) >= 11 is 0. The highest BCUT2D eigenvalue weighted by atomic mass is 16.3. The number of hydrogen-bond donors (Lipinski definition) is 2. The van der Waals surface area contributed by atoms with Gasteiger partial charge < -0.3 is 10.4 Å². The third kappa shape index (κ3) is 1.41. The third-order valence-corrected chi connectivity index (χ3v) is 1.11. The molecule has 1 heterocycles. The number of anilines is 1. The fourth-order valence-electron chi connectivity index (χ4n) is 0.566. The number of aliphatic hydroxyl groups is 1. The zero-order chi connectivity index (χ0) is 7.40. The highest BCUT2D eigenvalue weighted by Crippen LogP contribution is 1.97. The van der Waals surface area contributed by atoms with Gasteiger partial charge in [0.1, 0.15) is 0 Å². The SMILES string of the molecule is CNc1ncc(CO)cn1. The highest BCUT2D eigenvalue weighted by molar-refractivity contribution is 5.22. The molecule has 0 aliphatic carbocycles. The zero-order valence-electron chi connectivity index (χ0n) is 5.70. The van der Waals surface area contributed by atoms with Crippen molar-refractivity contribution in [1.82, 2.24) is 9.97 Å². The van der Waals surface area contributed by atoms with E-state index >= 15 is 0 Å². The quantitative estimate of drug-likeness (QED) is 0.606. The van der Waals surface area contributed by atoms with Gasteiger partial charge in [-0.2, -0.15) is 0 Å². The summed E-state index contributed by atoms with van der Waals surface area (Å²) in [6.07, 6.45) is 3.16. The monoisotopic (exact) mass is 139 g/mol. The first-order valence-corrected chi connectivity index (χ1v) is 2.96. The van der Waals surface area contributed by atoms with Gasteiger partial charge in [0.15, 0.2) is 0 Å². The average molecular weight is 139 g/mol. The Labute approximate surface area is 58.9 Å². The largest absolute Gasteiger partial charge is 0.392 e. The summed E-state index contributed by atoms with van der Waals surface area (Å²) in [6.45, 7) is -0.00993. The Bertz CT molecular complexity index is 174. The van der Waals surface area contributed by atoms with Gasteiger partial charge in [-0.05, 0) is 0 Å². The number of aliphatic hydroxyl groups excluding tert-OH is 1. The van der Waals surface area contributed by atoms with Gasteiger partial charge in [-0.25, -0.2) is 9.97 Å². The average Bonchev–Trinajstić information content (AvgIpc) is 2.05. The van der Waals surface area contributed by atoms with E-state index in [9.17, 15) is 0 Å². The third-order valence-electron chi connectivity index (χ3n) is 1.11. The lowest BCUT2D eigenvalue weighted by Crippen LogP contribution is -1.96. The van der Waals surface area contributed by atoms with Crippen LogP contribution in [0.3, 0.4) is 0 Å². The second-order valence-electron chi connectivity index (χ2n) is 1.82. The standard InChI is InChI=1S/C6H9N3O/c1-7-6-8-2-5(4-10)3-9-6/h2-3,10H,4H2,1H3,(H,7,8,9). The topological polar surface area (TPSA) is 58.0 Å². The van der Waals surface area contributed by atoms with E-state index in [1.807, 2.05) is 0 Å². The van der Waals surface area contributed by atoms with E-state index in [2.05, 4.69) is 15.3 Å². The molecule has 0 saturated heterocycles. The first-order valence-electron chi connectivity index (χ1n) is 2.96. The molecule has 0 aliphatic rings. The normalized spacial score (nSPS) is 9.40. The van der Waals surface area contributed by atoms with Crippen molar-refractivity contribution in [3.05, 3.63) is 18.0 Å². The van der Waals surface area contributed by atoms with Gasteiger partial charge in [0.05, 0.1) is 6.61 Å². The lowest BCUT2D eigenvalue weighted by atomic mass is 10.4. The molecular weight excluding hydrogens is 130 g/mol. The first kappa shape index (κ1) is 6.95. The number of hydrogen-bond acceptors (Lipinski definition) is 4. The van der Waals surface area contributed by atoms with Crippen molar-refractivity contribution in [3.8, 4) is 0 Å². The molecule has 2 N–H and O–H groups in total. The van der Waals surface area contributed by atoms with Crippen molar-refractivity contribution in [2.75, 3.05) is 12.4 Å². The molecule has 54 valence electrons. The smallest absolute Gasteiger partial charge is 0.222 e. The summed E-state index contributed by atoms with van der Waals surface area (Å²) in [6, 6.07) is 0. The van der Waals surface area contributed by atoms with Crippen LogP contribution < -0.4 is 5.32 Å². The van der Waals surface area contributed by atoms with Gasteiger partial charge in [-0.1, -0.05) is 0 Å². The van der Waals surface area contributed by atoms with Crippen molar-refractivity contribution in [2.24, 2.45) is 0 Å². The Kier molecular flexibility index (Phi) is 2.17. The van der Waals surface area contributed by atoms with Crippen LogP contribution in [-0.2, 0) is 6.61 Å². The molecule has 1 rings (SSSR count). The molecule has 0 atom stereocenters. The van der Waals surface area contributed by atoms with Crippen LogP contribution in [0, 0.1) is 0 Å². The molecule has 1 aromatic heterocycles. The molecule has 0 fully saturated rings. The van der Waals surface area contributed by atoms with Crippen LogP contribution in [0.25, 0.3) is 0 Å². The van der Waals surface area contributed by atoms with Crippen molar-refractivity contribution in [2.45, 2.75) is 6.61 Å². The summed E-state index contributed by atoms with van der Waals surface area (Å²) in [5, 5.41) is 11.4. The lowest BCUT2D eigenvalue weighted by Gasteiger charge is -1.96. The van der Waals surface area contributed by atoms with Crippen LogP contribution in [0.5, 0.6) is 0 Å². The molecule has 0 saturated carbocycles. The van der Waals surface area contributed by atoms with E-state index in [0.29, 0.717) is 5.95 Å². The highest BCUT2D eigenvalue weighted by Gasteiger charge is 1.91. The Balaban J connectivity index is 2.80. The maximum atomic E-state index is 8.60. The second-order valence-corrected chi connectivity index (χ2v) is 1.82. The van der Waals surface area contributed by atoms with Crippen LogP contribution in [0.15, 0.2) is 12.4 Å². The molecule has 0 aliphatic heterocycles. The summed E-state index contributed by atoms with van der Waals surface area (Å²) in [7, 11) is 1.74. The number of rotatable bonds is 2. The maximum Gasteiger partial charge on any atom is 0.222 e. The van der Waals surface area contributed by atoms with Crippen LogP contribution in [0.1, 0.15) is 5.56 Å². The van der Waals surface area contributed by atoms with E-state index in [4.69, 9.17) is 5.11 Å².